The van der Waals surface area contributed by atoms with Crippen molar-refractivity contribution in [3.8, 4) is 0 Å². The highest BCUT2D eigenvalue weighted by atomic mass is 15.2. The second-order valence-corrected chi connectivity index (χ2v) is 7.96. The molecule has 132 valence electrons. The zero-order valence-corrected chi connectivity index (χ0v) is 15.4. The van der Waals surface area contributed by atoms with Crippen LogP contribution in [0.3, 0.4) is 0 Å². The molecule has 0 amide bonds. The molecule has 2 nitrogen and oxygen atoms in total. The number of nitrogens with zero attached hydrogens (tertiary/aromatic N) is 2. The van der Waals surface area contributed by atoms with Gasteiger partial charge in [-0.25, -0.2) is 0 Å². The van der Waals surface area contributed by atoms with Gasteiger partial charge in [-0.3, -0.25) is 4.90 Å². The highest BCUT2D eigenvalue weighted by Gasteiger charge is 2.35. The summed E-state index contributed by atoms with van der Waals surface area (Å²) in [5.74, 6) is 1.43. The Hall–Kier alpha value is -1.64. The summed E-state index contributed by atoms with van der Waals surface area (Å²) in [6, 6.07) is 20.2. The number of aryl methyl sites for hydroxylation is 1. The molecule has 0 aliphatic carbocycles. The quantitative estimate of drug-likeness (QED) is 0.804. The van der Waals surface area contributed by atoms with E-state index in [0.29, 0.717) is 5.92 Å². The van der Waals surface area contributed by atoms with Gasteiger partial charge in [0.2, 0.25) is 0 Å². The van der Waals surface area contributed by atoms with Gasteiger partial charge in [-0.2, -0.15) is 0 Å². The SMILES string of the molecule is Cc1ccc(C2CN(Cc3ccccc3)CC2CN2CCCC2)cc1. The van der Waals surface area contributed by atoms with Crippen LogP contribution in [0.15, 0.2) is 54.6 Å². The summed E-state index contributed by atoms with van der Waals surface area (Å²) >= 11 is 0. The van der Waals surface area contributed by atoms with E-state index in [9.17, 15) is 0 Å². The van der Waals surface area contributed by atoms with E-state index in [1.165, 1.54) is 62.3 Å². The highest BCUT2D eigenvalue weighted by molar-refractivity contribution is 5.27. The third kappa shape index (κ3) is 4.13. The van der Waals surface area contributed by atoms with Gasteiger partial charge < -0.3 is 4.90 Å². The van der Waals surface area contributed by atoms with Crippen LogP contribution >= 0.6 is 0 Å². The molecule has 0 saturated carbocycles. The van der Waals surface area contributed by atoms with Gasteiger partial charge in [-0.15, -0.1) is 0 Å². The maximum atomic E-state index is 2.69. The lowest BCUT2D eigenvalue weighted by atomic mass is 9.88. The van der Waals surface area contributed by atoms with E-state index in [2.05, 4.69) is 71.3 Å². The molecule has 0 radical (unpaired) electrons. The van der Waals surface area contributed by atoms with Crippen LogP contribution in [0.5, 0.6) is 0 Å². The molecular formula is C23H30N2. The van der Waals surface area contributed by atoms with Crippen molar-refractivity contribution in [1.29, 1.82) is 0 Å². The smallest absolute Gasteiger partial charge is 0.0234 e. The van der Waals surface area contributed by atoms with Crippen LogP contribution in [0.4, 0.5) is 0 Å². The molecular weight excluding hydrogens is 304 g/mol. The van der Waals surface area contributed by atoms with E-state index in [1.54, 1.807) is 0 Å². The Morgan fingerprint density at radius 1 is 0.840 bits per heavy atom. The minimum absolute atomic E-state index is 0.671. The maximum absolute atomic E-state index is 2.69. The molecule has 2 aliphatic rings. The summed E-state index contributed by atoms with van der Waals surface area (Å²) in [6.45, 7) is 9.55. The Kier molecular flexibility index (Phi) is 5.19. The number of hydrogen-bond donors (Lipinski definition) is 0. The van der Waals surface area contributed by atoms with Crippen molar-refractivity contribution in [3.05, 3.63) is 71.3 Å². The second kappa shape index (κ2) is 7.72. The molecule has 2 unspecified atom stereocenters. The first-order valence-electron chi connectivity index (χ1n) is 9.83. The number of benzene rings is 2. The van der Waals surface area contributed by atoms with E-state index in [1.807, 2.05) is 0 Å². The zero-order chi connectivity index (χ0) is 17.1. The van der Waals surface area contributed by atoms with Gasteiger partial charge in [0.1, 0.15) is 0 Å². The van der Waals surface area contributed by atoms with Gasteiger partial charge in [-0.1, -0.05) is 60.2 Å². The fourth-order valence-electron chi connectivity index (χ4n) is 4.60. The molecule has 25 heavy (non-hydrogen) atoms. The molecule has 4 rings (SSSR count). The predicted octanol–water partition coefficient (Wildman–Crippen LogP) is 4.31. The van der Waals surface area contributed by atoms with E-state index in [0.717, 1.165) is 12.5 Å². The van der Waals surface area contributed by atoms with Crippen molar-refractivity contribution in [2.24, 2.45) is 5.92 Å². The second-order valence-electron chi connectivity index (χ2n) is 7.96. The monoisotopic (exact) mass is 334 g/mol. The molecule has 2 aliphatic heterocycles. The third-order valence-electron chi connectivity index (χ3n) is 5.96. The Bertz CT molecular complexity index is 658. The van der Waals surface area contributed by atoms with E-state index >= 15 is 0 Å². The Morgan fingerprint density at radius 2 is 1.56 bits per heavy atom. The van der Waals surface area contributed by atoms with Crippen LogP contribution in [-0.2, 0) is 6.54 Å². The Morgan fingerprint density at radius 3 is 2.28 bits per heavy atom. The summed E-state index contributed by atoms with van der Waals surface area (Å²) in [4.78, 5) is 5.36. The predicted molar refractivity (Wildman–Crippen MR) is 105 cm³/mol. The molecule has 2 heterocycles. The van der Waals surface area contributed by atoms with Gasteiger partial charge >= 0.3 is 0 Å². The largest absolute Gasteiger partial charge is 0.303 e. The average molecular weight is 335 g/mol. The number of likely N-dealkylation sites (tertiary alicyclic amines) is 2. The van der Waals surface area contributed by atoms with Crippen LogP contribution in [0.2, 0.25) is 0 Å². The lowest BCUT2D eigenvalue weighted by molar-refractivity contribution is 0.257. The van der Waals surface area contributed by atoms with Gasteiger partial charge in [-0.05, 0) is 49.9 Å². The maximum Gasteiger partial charge on any atom is 0.0234 e. The molecule has 2 aromatic carbocycles. The standard InChI is InChI=1S/C23H30N2/c1-19-9-11-21(12-10-19)23-18-25(15-20-7-3-2-4-8-20)17-22(23)16-24-13-5-6-14-24/h2-4,7-12,22-23H,5-6,13-18H2,1H3. The van der Waals surface area contributed by atoms with Crippen LogP contribution in [0.25, 0.3) is 0 Å². The molecule has 0 N–H and O–H groups in total. The average Bonchev–Trinajstić information content (AvgIpc) is 3.27. The molecule has 2 aromatic rings. The van der Waals surface area contributed by atoms with E-state index in [-0.39, 0.29) is 0 Å². The van der Waals surface area contributed by atoms with Crippen molar-refractivity contribution in [3.63, 3.8) is 0 Å². The van der Waals surface area contributed by atoms with Crippen molar-refractivity contribution < 1.29 is 0 Å². The summed E-state index contributed by atoms with van der Waals surface area (Å²) in [5, 5.41) is 0. The molecule has 2 fully saturated rings. The van der Waals surface area contributed by atoms with E-state index in [4.69, 9.17) is 0 Å². The van der Waals surface area contributed by atoms with Gasteiger partial charge in [0.05, 0.1) is 0 Å². The first kappa shape index (κ1) is 16.8. The van der Waals surface area contributed by atoms with Crippen LogP contribution in [-0.4, -0.2) is 42.5 Å². The molecule has 2 saturated heterocycles. The minimum atomic E-state index is 0.671. The first-order chi connectivity index (χ1) is 12.3. The Balaban J connectivity index is 1.49. The summed E-state index contributed by atoms with van der Waals surface area (Å²) in [7, 11) is 0. The molecule has 0 bridgehead atoms. The first-order valence-corrected chi connectivity index (χ1v) is 9.83. The third-order valence-corrected chi connectivity index (χ3v) is 5.96. The summed E-state index contributed by atoms with van der Waals surface area (Å²) in [5.41, 5.74) is 4.33. The van der Waals surface area contributed by atoms with Crippen LogP contribution in [0.1, 0.15) is 35.4 Å². The highest BCUT2D eigenvalue weighted by Crippen LogP contribution is 2.34. The van der Waals surface area contributed by atoms with Gasteiger partial charge in [0.25, 0.3) is 0 Å². The van der Waals surface area contributed by atoms with Crippen molar-refractivity contribution in [2.45, 2.75) is 32.2 Å². The van der Waals surface area contributed by atoms with Crippen LogP contribution in [0, 0.1) is 12.8 Å². The van der Waals surface area contributed by atoms with Crippen LogP contribution < -0.4 is 0 Å². The molecule has 0 aromatic heterocycles. The lowest BCUT2D eigenvalue weighted by Gasteiger charge is -2.24. The molecule has 0 spiro atoms. The lowest BCUT2D eigenvalue weighted by Crippen LogP contribution is -2.30. The zero-order valence-electron chi connectivity index (χ0n) is 15.4. The van der Waals surface area contributed by atoms with Gasteiger partial charge in [0.15, 0.2) is 0 Å². The topological polar surface area (TPSA) is 6.48 Å². The fraction of sp³-hybridized carbons (Fsp3) is 0.478. The summed E-state index contributed by atoms with van der Waals surface area (Å²) in [6.07, 6.45) is 2.77. The van der Waals surface area contributed by atoms with Gasteiger partial charge in [0, 0.05) is 32.1 Å². The molecule has 2 atom stereocenters. The Labute approximate surface area is 152 Å². The number of hydrogen-bond acceptors (Lipinski definition) is 2. The van der Waals surface area contributed by atoms with Crippen molar-refractivity contribution in [1.82, 2.24) is 9.80 Å². The van der Waals surface area contributed by atoms with Crippen molar-refractivity contribution >= 4 is 0 Å². The van der Waals surface area contributed by atoms with Crippen molar-refractivity contribution in [2.75, 3.05) is 32.7 Å². The summed E-state index contributed by atoms with van der Waals surface area (Å²) < 4.78 is 0. The molecule has 2 heteroatoms. The fourth-order valence-corrected chi connectivity index (χ4v) is 4.60. The minimum Gasteiger partial charge on any atom is -0.303 e. The normalized spacial score (nSPS) is 24.8. The number of rotatable bonds is 5. The van der Waals surface area contributed by atoms with E-state index < -0.39 is 0 Å².